The highest BCUT2D eigenvalue weighted by Gasteiger charge is 2.24. The van der Waals surface area contributed by atoms with Gasteiger partial charge in [-0.3, -0.25) is 4.68 Å². The van der Waals surface area contributed by atoms with Crippen LogP contribution in [0.5, 0.6) is 0 Å². The summed E-state index contributed by atoms with van der Waals surface area (Å²) in [6.07, 6.45) is 6.18. The lowest BCUT2D eigenvalue weighted by Crippen LogP contribution is -2.19. The molecule has 1 aliphatic rings. The average molecular weight is 249 g/mol. The lowest BCUT2D eigenvalue weighted by molar-refractivity contribution is 0.270. The second kappa shape index (κ2) is 5.43. The van der Waals surface area contributed by atoms with Gasteiger partial charge in [0.2, 0.25) is 0 Å². The molecule has 0 bridgehead atoms. The fourth-order valence-corrected chi connectivity index (χ4v) is 3.26. The van der Waals surface area contributed by atoms with E-state index in [0.717, 1.165) is 18.0 Å². The fourth-order valence-electron chi connectivity index (χ4n) is 3.26. The van der Waals surface area contributed by atoms with Crippen LogP contribution in [-0.2, 0) is 0 Å². The molecule has 1 unspecified atom stereocenters. The molecule has 2 rings (SSSR count). The Hall–Kier alpha value is -0.830. The Morgan fingerprint density at radius 2 is 1.89 bits per heavy atom. The number of hydrogen-bond donors (Lipinski definition) is 1. The van der Waals surface area contributed by atoms with Crippen molar-refractivity contribution >= 4 is 0 Å². The van der Waals surface area contributed by atoms with Crippen LogP contribution in [-0.4, -0.2) is 9.78 Å². The zero-order valence-electron chi connectivity index (χ0n) is 12.2. The van der Waals surface area contributed by atoms with E-state index in [1.165, 1.54) is 36.9 Å². The molecule has 1 fully saturated rings. The Morgan fingerprint density at radius 3 is 2.44 bits per heavy atom. The summed E-state index contributed by atoms with van der Waals surface area (Å²) in [4.78, 5) is 0. The van der Waals surface area contributed by atoms with Gasteiger partial charge in [0.1, 0.15) is 0 Å². The summed E-state index contributed by atoms with van der Waals surface area (Å²) in [6.45, 7) is 8.78. The molecule has 0 aliphatic heterocycles. The molecule has 0 radical (unpaired) electrons. The first-order valence-electron chi connectivity index (χ1n) is 7.35. The molecule has 102 valence electrons. The molecule has 18 heavy (non-hydrogen) atoms. The second-order valence-corrected chi connectivity index (χ2v) is 5.96. The number of aromatic nitrogens is 2. The van der Waals surface area contributed by atoms with E-state index < -0.39 is 0 Å². The molecular formula is C15H27N3. The van der Waals surface area contributed by atoms with Gasteiger partial charge in [0.25, 0.3) is 0 Å². The molecule has 2 N–H and O–H groups in total. The van der Waals surface area contributed by atoms with Crippen molar-refractivity contribution in [2.24, 2.45) is 11.7 Å². The molecule has 3 heteroatoms. The first-order chi connectivity index (χ1) is 8.54. The highest BCUT2D eigenvalue weighted by molar-refractivity contribution is 5.28. The van der Waals surface area contributed by atoms with Crippen molar-refractivity contribution in [2.75, 3.05) is 0 Å². The summed E-state index contributed by atoms with van der Waals surface area (Å²) >= 11 is 0. The third kappa shape index (κ3) is 2.46. The largest absolute Gasteiger partial charge is 0.324 e. The lowest BCUT2D eigenvalue weighted by Gasteiger charge is -2.27. The van der Waals surface area contributed by atoms with Crippen LogP contribution in [0, 0.1) is 19.8 Å². The van der Waals surface area contributed by atoms with Crippen molar-refractivity contribution in [3.8, 4) is 0 Å². The van der Waals surface area contributed by atoms with E-state index in [1.807, 2.05) is 0 Å². The first-order valence-corrected chi connectivity index (χ1v) is 7.35. The van der Waals surface area contributed by atoms with Gasteiger partial charge in [-0.1, -0.05) is 13.8 Å². The molecule has 1 aromatic heterocycles. The zero-order valence-corrected chi connectivity index (χ0v) is 12.2. The molecule has 0 amide bonds. The summed E-state index contributed by atoms with van der Waals surface area (Å²) in [7, 11) is 0. The minimum absolute atomic E-state index is 0.140. The van der Waals surface area contributed by atoms with Crippen LogP contribution in [0.3, 0.4) is 0 Å². The summed E-state index contributed by atoms with van der Waals surface area (Å²) in [5.41, 5.74) is 9.90. The minimum atomic E-state index is 0.140. The van der Waals surface area contributed by atoms with Gasteiger partial charge >= 0.3 is 0 Å². The van der Waals surface area contributed by atoms with Crippen LogP contribution in [0.1, 0.15) is 75.0 Å². The third-order valence-electron chi connectivity index (χ3n) is 4.52. The van der Waals surface area contributed by atoms with Gasteiger partial charge in [0.15, 0.2) is 0 Å². The number of hydrogen-bond acceptors (Lipinski definition) is 2. The maximum absolute atomic E-state index is 6.21. The second-order valence-electron chi connectivity index (χ2n) is 5.96. The Balaban J connectivity index is 2.24. The maximum Gasteiger partial charge on any atom is 0.0644 e. The summed E-state index contributed by atoms with van der Waals surface area (Å²) in [5.74, 6) is 0.885. The molecule has 1 heterocycles. The third-order valence-corrected chi connectivity index (χ3v) is 4.52. The monoisotopic (exact) mass is 249 g/mol. The molecule has 3 nitrogen and oxygen atoms in total. The Morgan fingerprint density at radius 1 is 1.28 bits per heavy atom. The zero-order chi connectivity index (χ0) is 13.3. The molecule has 1 aromatic rings. The Kier molecular flexibility index (Phi) is 4.10. The van der Waals surface area contributed by atoms with Gasteiger partial charge in [-0.05, 0) is 51.9 Å². The van der Waals surface area contributed by atoms with Crippen molar-refractivity contribution in [3.05, 3.63) is 17.0 Å². The summed E-state index contributed by atoms with van der Waals surface area (Å²) < 4.78 is 2.26. The van der Waals surface area contributed by atoms with Crippen LogP contribution >= 0.6 is 0 Å². The molecule has 1 saturated carbocycles. The van der Waals surface area contributed by atoms with Gasteiger partial charge in [-0.2, -0.15) is 5.10 Å². The van der Waals surface area contributed by atoms with Crippen molar-refractivity contribution in [1.82, 2.24) is 9.78 Å². The topological polar surface area (TPSA) is 43.8 Å². The molecule has 1 aliphatic carbocycles. The van der Waals surface area contributed by atoms with E-state index in [1.54, 1.807) is 0 Å². The van der Waals surface area contributed by atoms with Gasteiger partial charge in [0, 0.05) is 17.3 Å². The Bertz CT molecular complexity index is 400. The highest BCUT2D eigenvalue weighted by atomic mass is 15.3. The molecule has 0 spiro atoms. The average Bonchev–Trinajstić information content (AvgIpc) is 2.65. The Labute approximate surface area is 111 Å². The van der Waals surface area contributed by atoms with Crippen molar-refractivity contribution < 1.29 is 0 Å². The molecule has 1 atom stereocenters. The quantitative estimate of drug-likeness (QED) is 0.888. The number of nitrogens with zero attached hydrogens (tertiary/aromatic N) is 2. The first kappa shape index (κ1) is 13.6. The summed E-state index contributed by atoms with van der Waals surface area (Å²) in [6, 6.07) is 0.735. The number of rotatable bonds is 3. The van der Waals surface area contributed by atoms with Gasteiger partial charge in [-0.25, -0.2) is 0 Å². The summed E-state index contributed by atoms with van der Waals surface area (Å²) in [5, 5.41) is 4.76. The van der Waals surface area contributed by atoms with E-state index in [0.29, 0.717) is 6.04 Å². The minimum Gasteiger partial charge on any atom is -0.324 e. The van der Waals surface area contributed by atoms with E-state index in [9.17, 15) is 0 Å². The van der Waals surface area contributed by atoms with Gasteiger partial charge < -0.3 is 5.73 Å². The molecule has 0 saturated heterocycles. The fraction of sp³-hybridized carbons (Fsp3) is 0.800. The standard InChI is InChI=1S/C15H27N3/c1-5-14(16)15-11(3)17-18(12(15)4)13-8-6-10(2)7-9-13/h10,13-14H,5-9,16H2,1-4H3. The molecule has 0 aromatic carbocycles. The van der Waals surface area contributed by atoms with E-state index >= 15 is 0 Å². The van der Waals surface area contributed by atoms with Gasteiger partial charge in [-0.15, -0.1) is 0 Å². The van der Waals surface area contributed by atoms with Crippen LogP contribution < -0.4 is 5.73 Å². The van der Waals surface area contributed by atoms with Crippen molar-refractivity contribution in [2.45, 2.75) is 71.9 Å². The molecular weight excluding hydrogens is 222 g/mol. The van der Waals surface area contributed by atoms with Crippen LogP contribution in [0.15, 0.2) is 0 Å². The lowest BCUT2D eigenvalue weighted by atomic mass is 9.87. The normalized spacial score (nSPS) is 26.3. The van der Waals surface area contributed by atoms with Crippen LogP contribution in [0.25, 0.3) is 0 Å². The predicted octanol–water partition coefficient (Wildman–Crippen LogP) is 3.66. The number of nitrogens with two attached hydrogens (primary N) is 1. The van der Waals surface area contributed by atoms with Crippen LogP contribution in [0.4, 0.5) is 0 Å². The van der Waals surface area contributed by atoms with Crippen molar-refractivity contribution in [1.29, 1.82) is 0 Å². The SMILES string of the molecule is CCC(N)c1c(C)nn(C2CCC(C)CC2)c1C. The smallest absolute Gasteiger partial charge is 0.0644 e. The van der Waals surface area contributed by atoms with Gasteiger partial charge in [0.05, 0.1) is 11.7 Å². The highest BCUT2D eigenvalue weighted by Crippen LogP contribution is 2.34. The van der Waals surface area contributed by atoms with Crippen molar-refractivity contribution in [3.63, 3.8) is 0 Å². The van der Waals surface area contributed by atoms with E-state index in [2.05, 4.69) is 32.4 Å². The van der Waals surface area contributed by atoms with E-state index in [-0.39, 0.29) is 6.04 Å². The van der Waals surface area contributed by atoms with Crippen LogP contribution in [0.2, 0.25) is 0 Å². The predicted molar refractivity (Wildman–Crippen MR) is 75.6 cm³/mol. The number of aryl methyl sites for hydroxylation is 1. The maximum atomic E-state index is 6.21. The van der Waals surface area contributed by atoms with E-state index in [4.69, 9.17) is 10.8 Å².